The van der Waals surface area contributed by atoms with Gasteiger partial charge in [0.05, 0.1) is 11.7 Å². The third-order valence-electron chi connectivity index (χ3n) is 3.36. The van der Waals surface area contributed by atoms with Crippen molar-refractivity contribution >= 4 is 17.9 Å². The second kappa shape index (κ2) is 9.41. The van der Waals surface area contributed by atoms with Gasteiger partial charge in [0.15, 0.2) is 5.91 Å². The first-order valence-electron chi connectivity index (χ1n) is 7.03. The molecule has 3 rings (SSSR count). The summed E-state index contributed by atoms with van der Waals surface area (Å²) in [5.74, 6) is -0.344. The van der Waals surface area contributed by atoms with Gasteiger partial charge in [0.2, 0.25) is 0 Å². The van der Waals surface area contributed by atoms with Crippen LogP contribution in [0.5, 0.6) is 0 Å². The number of carbonyl (C=O) groups is 1. The average Bonchev–Trinajstić information content (AvgIpc) is 3.07. The first-order valence-corrected chi connectivity index (χ1v) is 7.03. The van der Waals surface area contributed by atoms with Gasteiger partial charge >= 0.3 is 51.4 Å². The topological polar surface area (TPSA) is 81.4 Å². The normalized spacial score (nSPS) is 15.3. The van der Waals surface area contributed by atoms with Gasteiger partial charge < -0.3 is 24.8 Å². The fourth-order valence-electron chi connectivity index (χ4n) is 2.19. The Hall–Kier alpha value is -0.904. The summed E-state index contributed by atoms with van der Waals surface area (Å²) in [6.45, 7) is 1.46. The first kappa shape index (κ1) is 18.4. The maximum atomic E-state index is 12.0. The minimum absolute atomic E-state index is 0. The van der Waals surface area contributed by atoms with Crippen molar-refractivity contribution in [2.75, 3.05) is 13.2 Å². The summed E-state index contributed by atoms with van der Waals surface area (Å²) in [5.41, 5.74) is 0.885. The van der Waals surface area contributed by atoms with Crippen LogP contribution in [-0.4, -0.2) is 40.2 Å². The summed E-state index contributed by atoms with van der Waals surface area (Å²) in [7, 11) is 0. The molecule has 8 heteroatoms. The van der Waals surface area contributed by atoms with Gasteiger partial charge in [0, 0.05) is 19.4 Å². The predicted octanol–water partition coefficient (Wildman–Crippen LogP) is -1.60. The van der Waals surface area contributed by atoms with Crippen LogP contribution in [-0.2, 0) is 4.74 Å². The SMILES string of the molecule is O=C(N[C-]=Nc1[c-]cncc1)c1ccn(C2CCOCC2)n1.[K+]. The zero-order valence-electron chi connectivity index (χ0n) is 12.9. The summed E-state index contributed by atoms with van der Waals surface area (Å²) in [5, 5.41) is 6.78. The van der Waals surface area contributed by atoms with Crippen LogP contribution in [0.25, 0.3) is 0 Å². The number of carbonyl (C=O) groups excluding carboxylic acids is 1. The van der Waals surface area contributed by atoms with Crippen LogP contribution in [0.15, 0.2) is 35.7 Å². The quantitative estimate of drug-likeness (QED) is 0.240. The molecule has 0 unspecified atom stereocenters. The van der Waals surface area contributed by atoms with Crippen molar-refractivity contribution < 1.29 is 60.9 Å². The summed E-state index contributed by atoms with van der Waals surface area (Å²) in [4.78, 5) is 19.7. The summed E-state index contributed by atoms with van der Waals surface area (Å²) in [6.07, 6.45) is 9.22. The monoisotopic (exact) mass is 336 g/mol. The van der Waals surface area contributed by atoms with Gasteiger partial charge in [0.1, 0.15) is 0 Å². The Morgan fingerprint density at radius 2 is 2.26 bits per heavy atom. The predicted molar refractivity (Wildman–Crippen MR) is 79.0 cm³/mol. The first-order chi connectivity index (χ1) is 10.8. The van der Waals surface area contributed by atoms with Crippen molar-refractivity contribution in [3.05, 3.63) is 42.5 Å². The molecule has 1 amide bonds. The smallest absolute Gasteiger partial charge is 0.418 e. The van der Waals surface area contributed by atoms with Gasteiger partial charge in [-0.05, 0) is 25.2 Å². The van der Waals surface area contributed by atoms with Gasteiger partial charge in [-0.25, -0.2) is 11.8 Å². The Balaban J connectivity index is 0.00000192. The van der Waals surface area contributed by atoms with Crippen LogP contribution in [0.1, 0.15) is 29.4 Å². The number of nitrogens with one attached hydrogen (secondary N) is 1. The van der Waals surface area contributed by atoms with Crippen LogP contribution >= 0.6 is 0 Å². The van der Waals surface area contributed by atoms with Crippen molar-refractivity contribution in [1.29, 1.82) is 0 Å². The van der Waals surface area contributed by atoms with Crippen LogP contribution in [0, 0.1) is 6.07 Å². The number of amides is 1. The van der Waals surface area contributed by atoms with E-state index in [1.807, 2.05) is 10.9 Å². The Morgan fingerprint density at radius 1 is 1.43 bits per heavy atom. The zero-order valence-corrected chi connectivity index (χ0v) is 16.0. The number of hydrogen-bond donors (Lipinski definition) is 1. The van der Waals surface area contributed by atoms with Gasteiger partial charge in [-0.3, -0.25) is 10.7 Å². The van der Waals surface area contributed by atoms with E-state index < -0.39 is 0 Å². The van der Waals surface area contributed by atoms with E-state index in [0.717, 1.165) is 26.1 Å². The molecule has 1 aliphatic heterocycles. The molecule has 1 aliphatic rings. The van der Waals surface area contributed by atoms with Crippen molar-refractivity contribution in [1.82, 2.24) is 20.1 Å². The molecule has 1 saturated heterocycles. The standard InChI is InChI=1S/C15H15N5O2.K/c21-15(18-11-17-12-1-6-16-7-2-12)14-3-8-20(19-14)13-4-9-22-10-5-13;/h1,3,6-8,13H,4-5,9-10H2,(H,16,17,18,21);/q-2;+1. The molecule has 7 nitrogen and oxygen atoms in total. The largest absolute Gasteiger partial charge is 1.00 e. The van der Waals surface area contributed by atoms with E-state index >= 15 is 0 Å². The Labute approximate surface area is 177 Å². The fraction of sp³-hybridized carbons (Fsp3) is 0.333. The van der Waals surface area contributed by atoms with Crippen LogP contribution in [0.3, 0.4) is 0 Å². The maximum absolute atomic E-state index is 12.0. The zero-order chi connectivity index (χ0) is 15.2. The van der Waals surface area contributed by atoms with Crippen LogP contribution < -0.4 is 56.7 Å². The molecule has 0 saturated carbocycles. The van der Waals surface area contributed by atoms with E-state index in [1.165, 1.54) is 6.20 Å². The Morgan fingerprint density at radius 3 is 3.00 bits per heavy atom. The van der Waals surface area contributed by atoms with E-state index in [0.29, 0.717) is 17.4 Å². The third kappa shape index (κ3) is 5.30. The molecular formula is C15H15KN5O2-. The second-order valence-corrected chi connectivity index (χ2v) is 4.83. The number of rotatable bonds is 4. The van der Waals surface area contributed by atoms with Crippen molar-refractivity contribution in [3.63, 3.8) is 0 Å². The molecule has 0 spiro atoms. The van der Waals surface area contributed by atoms with E-state index in [9.17, 15) is 4.79 Å². The van der Waals surface area contributed by atoms with Crippen LogP contribution in [0.2, 0.25) is 0 Å². The molecule has 0 atom stereocenters. The number of nitrogens with zero attached hydrogens (tertiary/aromatic N) is 4. The molecule has 0 radical (unpaired) electrons. The van der Waals surface area contributed by atoms with E-state index in [-0.39, 0.29) is 57.3 Å². The van der Waals surface area contributed by atoms with Crippen molar-refractivity contribution in [3.8, 4) is 0 Å². The molecule has 0 aromatic carbocycles. The van der Waals surface area contributed by atoms with Crippen molar-refractivity contribution in [2.24, 2.45) is 4.99 Å². The van der Waals surface area contributed by atoms with Crippen LogP contribution in [0.4, 0.5) is 5.69 Å². The third-order valence-corrected chi connectivity index (χ3v) is 3.36. The van der Waals surface area contributed by atoms with Crippen molar-refractivity contribution in [2.45, 2.75) is 18.9 Å². The Kier molecular flexibility index (Phi) is 7.54. The van der Waals surface area contributed by atoms with Gasteiger partial charge in [-0.2, -0.15) is 5.10 Å². The summed E-state index contributed by atoms with van der Waals surface area (Å²) < 4.78 is 7.15. The second-order valence-electron chi connectivity index (χ2n) is 4.83. The average molecular weight is 336 g/mol. The summed E-state index contributed by atoms with van der Waals surface area (Å²) >= 11 is 0. The number of hydrogen-bond acceptors (Lipinski definition) is 5. The molecule has 23 heavy (non-hydrogen) atoms. The minimum atomic E-state index is -0.344. The molecule has 0 aliphatic carbocycles. The van der Waals surface area contributed by atoms with E-state index in [4.69, 9.17) is 4.74 Å². The molecule has 2 aromatic heterocycles. The van der Waals surface area contributed by atoms with E-state index in [2.05, 4.69) is 32.8 Å². The molecule has 1 fully saturated rings. The molecule has 3 heterocycles. The van der Waals surface area contributed by atoms with Gasteiger partial charge in [0.25, 0.3) is 0 Å². The minimum Gasteiger partial charge on any atom is -0.418 e. The van der Waals surface area contributed by atoms with Gasteiger partial charge in [-0.1, -0.05) is 12.4 Å². The molecule has 1 N–H and O–H groups in total. The molecule has 0 bridgehead atoms. The summed E-state index contributed by atoms with van der Waals surface area (Å²) in [6, 6.07) is 6.45. The number of pyridine rings is 1. The maximum Gasteiger partial charge on any atom is 1.00 e. The number of ether oxygens (including phenoxy) is 1. The number of aromatic nitrogens is 3. The number of aliphatic imine (C=N–C) groups is 1. The Bertz CT molecular complexity index is 653. The molecular weight excluding hydrogens is 321 g/mol. The molecule has 114 valence electrons. The van der Waals surface area contributed by atoms with E-state index in [1.54, 1.807) is 18.3 Å². The molecule has 2 aromatic rings. The van der Waals surface area contributed by atoms with Gasteiger partial charge in [-0.15, -0.1) is 0 Å². The fourth-order valence-corrected chi connectivity index (χ4v) is 2.19.